The Kier molecular flexibility index (Phi) is 13.9. The molecule has 0 saturated carbocycles. The molecule has 0 aliphatic rings. The summed E-state index contributed by atoms with van der Waals surface area (Å²) < 4.78 is 25.9. The summed E-state index contributed by atoms with van der Waals surface area (Å²) in [7, 11) is 0. The van der Waals surface area contributed by atoms with Gasteiger partial charge in [0.1, 0.15) is 0 Å². The molecule has 0 heterocycles. The molecule has 0 fully saturated rings. The molecule has 0 radical (unpaired) electrons. The highest BCUT2D eigenvalue weighted by atomic mass is 16.5. The Labute approximate surface area is 282 Å². The van der Waals surface area contributed by atoms with E-state index in [0.29, 0.717) is 24.3 Å². The van der Waals surface area contributed by atoms with Gasteiger partial charge in [-0.1, -0.05) is 89.2 Å². The van der Waals surface area contributed by atoms with Crippen LogP contribution in [0.1, 0.15) is 144 Å². The highest BCUT2D eigenvalue weighted by Crippen LogP contribution is 2.43. The second kappa shape index (κ2) is 15.9. The summed E-state index contributed by atoms with van der Waals surface area (Å²) in [4.78, 5) is 13.2. The third-order valence-electron chi connectivity index (χ3n) is 10.7. The van der Waals surface area contributed by atoms with Crippen molar-refractivity contribution in [1.29, 1.82) is 0 Å². The molecule has 260 valence electrons. The Hall–Kier alpha value is -2.05. The SMILES string of the molecule is CCC(C)(C)OCCC(C)(C)C(C)(C)OC(C)CC(C)(C)C(C)(C)OCCC(C)(C)OCc1ccccc1C(=O)c1ccccc1. The fraction of sp³-hybridized carbons (Fsp3) is 0.683. The van der Waals surface area contributed by atoms with Crippen molar-refractivity contribution in [1.82, 2.24) is 0 Å². The monoisotopic (exact) mass is 638 g/mol. The van der Waals surface area contributed by atoms with E-state index in [1.165, 1.54) is 0 Å². The molecule has 2 aromatic rings. The Morgan fingerprint density at radius 2 is 1.22 bits per heavy atom. The quantitative estimate of drug-likeness (QED) is 0.135. The maximum Gasteiger partial charge on any atom is 0.193 e. The summed E-state index contributed by atoms with van der Waals surface area (Å²) >= 11 is 0. The first-order valence-corrected chi connectivity index (χ1v) is 17.3. The highest BCUT2D eigenvalue weighted by molar-refractivity contribution is 6.09. The topological polar surface area (TPSA) is 54.0 Å². The van der Waals surface area contributed by atoms with Crippen molar-refractivity contribution in [3.8, 4) is 0 Å². The summed E-state index contributed by atoms with van der Waals surface area (Å²) in [5.41, 5.74) is 0.841. The van der Waals surface area contributed by atoms with Gasteiger partial charge < -0.3 is 18.9 Å². The largest absolute Gasteiger partial charge is 0.376 e. The molecule has 2 rings (SSSR count). The van der Waals surface area contributed by atoms with Gasteiger partial charge in [-0.25, -0.2) is 0 Å². The van der Waals surface area contributed by atoms with Crippen LogP contribution in [0.4, 0.5) is 0 Å². The maximum atomic E-state index is 13.2. The second-order valence-electron chi connectivity index (χ2n) is 16.6. The lowest BCUT2D eigenvalue weighted by molar-refractivity contribution is -0.170. The van der Waals surface area contributed by atoms with Gasteiger partial charge in [0, 0.05) is 17.7 Å². The first-order chi connectivity index (χ1) is 21.0. The third kappa shape index (κ3) is 11.6. The molecule has 0 spiro atoms. The number of carbonyl (C=O) groups is 1. The van der Waals surface area contributed by atoms with Crippen molar-refractivity contribution in [3.05, 3.63) is 71.3 Å². The molecule has 0 saturated heterocycles. The van der Waals surface area contributed by atoms with E-state index in [4.69, 9.17) is 18.9 Å². The minimum absolute atomic E-state index is 0.0140. The van der Waals surface area contributed by atoms with Crippen molar-refractivity contribution in [2.24, 2.45) is 10.8 Å². The minimum Gasteiger partial charge on any atom is -0.376 e. The van der Waals surface area contributed by atoms with E-state index in [1.54, 1.807) is 0 Å². The van der Waals surface area contributed by atoms with Crippen molar-refractivity contribution in [3.63, 3.8) is 0 Å². The molecule has 0 aromatic heterocycles. The van der Waals surface area contributed by atoms with Crippen LogP contribution in [0.2, 0.25) is 0 Å². The molecule has 1 unspecified atom stereocenters. The Morgan fingerprint density at radius 3 is 1.83 bits per heavy atom. The van der Waals surface area contributed by atoms with Crippen LogP contribution >= 0.6 is 0 Å². The zero-order valence-corrected chi connectivity index (χ0v) is 31.8. The van der Waals surface area contributed by atoms with Gasteiger partial charge in [0.15, 0.2) is 5.78 Å². The zero-order valence-electron chi connectivity index (χ0n) is 31.8. The standard InChI is InChI=1S/C41H66O5/c1-15-38(7,8)43-27-25-36(3,4)41(13,14)46-31(2)29-37(5,6)40(11,12)44-28-26-39(9,10)45-30-33-23-19-20-24-34(33)35(42)32-21-17-16-18-22-32/h16-24,31H,15,25-30H2,1-14H3. The summed E-state index contributed by atoms with van der Waals surface area (Å²) in [6.07, 6.45) is 3.57. The number of ether oxygens (including phenoxy) is 4. The summed E-state index contributed by atoms with van der Waals surface area (Å²) in [6, 6.07) is 17.1. The fourth-order valence-corrected chi connectivity index (χ4v) is 5.36. The van der Waals surface area contributed by atoms with Gasteiger partial charge in [-0.2, -0.15) is 0 Å². The van der Waals surface area contributed by atoms with Crippen molar-refractivity contribution >= 4 is 5.78 Å². The van der Waals surface area contributed by atoms with Gasteiger partial charge in [0.05, 0.1) is 41.7 Å². The Morgan fingerprint density at radius 1 is 0.652 bits per heavy atom. The molecule has 2 aromatic carbocycles. The number of hydrogen-bond acceptors (Lipinski definition) is 5. The molecule has 5 nitrogen and oxygen atoms in total. The predicted molar refractivity (Wildman–Crippen MR) is 192 cm³/mol. The van der Waals surface area contributed by atoms with E-state index in [9.17, 15) is 4.79 Å². The van der Waals surface area contributed by atoms with E-state index >= 15 is 0 Å². The third-order valence-corrected chi connectivity index (χ3v) is 10.7. The highest BCUT2D eigenvalue weighted by Gasteiger charge is 2.43. The van der Waals surface area contributed by atoms with E-state index in [-0.39, 0.29) is 39.5 Å². The number of rotatable bonds is 20. The normalized spacial score (nSPS) is 14.4. The summed E-state index contributed by atoms with van der Waals surface area (Å²) in [6.45, 7) is 32.4. The number of benzene rings is 2. The molecular weight excluding hydrogens is 572 g/mol. The minimum atomic E-state index is -0.425. The molecule has 0 bridgehead atoms. The smallest absolute Gasteiger partial charge is 0.193 e. The lowest BCUT2D eigenvalue weighted by Crippen LogP contribution is -2.48. The predicted octanol–water partition coefficient (Wildman–Crippen LogP) is 10.6. The van der Waals surface area contributed by atoms with Gasteiger partial charge in [0.25, 0.3) is 0 Å². The zero-order chi connectivity index (χ0) is 35.0. The van der Waals surface area contributed by atoms with Gasteiger partial charge in [-0.15, -0.1) is 0 Å². The van der Waals surface area contributed by atoms with Crippen molar-refractivity contribution in [2.75, 3.05) is 13.2 Å². The number of hydrogen-bond donors (Lipinski definition) is 0. The van der Waals surface area contributed by atoms with E-state index < -0.39 is 5.60 Å². The van der Waals surface area contributed by atoms with Crippen LogP contribution in [-0.2, 0) is 25.6 Å². The Balaban J connectivity index is 1.93. The maximum absolute atomic E-state index is 13.2. The second-order valence-corrected chi connectivity index (χ2v) is 16.6. The van der Waals surface area contributed by atoms with Crippen LogP contribution in [0, 0.1) is 10.8 Å². The first kappa shape index (κ1) is 40.1. The first-order valence-electron chi connectivity index (χ1n) is 17.3. The van der Waals surface area contributed by atoms with Gasteiger partial charge in [-0.05, 0) is 104 Å². The lowest BCUT2D eigenvalue weighted by Gasteiger charge is -2.47. The average molecular weight is 639 g/mol. The van der Waals surface area contributed by atoms with E-state index in [2.05, 4.69) is 96.9 Å². The molecule has 1 atom stereocenters. The van der Waals surface area contributed by atoms with E-state index in [1.807, 2.05) is 54.6 Å². The number of ketones is 1. The van der Waals surface area contributed by atoms with E-state index in [0.717, 1.165) is 37.9 Å². The molecular formula is C41H66O5. The Bertz CT molecular complexity index is 1220. The average Bonchev–Trinajstić information content (AvgIpc) is 2.95. The summed E-state index contributed by atoms with van der Waals surface area (Å²) in [5, 5.41) is 0. The molecule has 0 N–H and O–H groups in total. The van der Waals surface area contributed by atoms with Crippen LogP contribution in [-0.4, -0.2) is 47.5 Å². The van der Waals surface area contributed by atoms with Gasteiger partial charge in [-0.3, -0.25) is 4.79 Å². The molecule has 5 heteroatoms. The molecule has 0 aliphatic carbocycles. The summed E-state index contributed by atoms with van der Waals surface area (Å²) in [5.74, 6) is 0.0140. The molecule has 46 heavy (non-hydrogen) atoms. The molecule has 0 aliphatic heterocycles. The van der Waals surface area contributed by atoms with Crippen LogP contribution in [0.5, 0.6) is 0 Å². The van der Waals surface area contributed by atoms with Crippen LogP contribution < -0.4 is 0 Å². The van der Waals surface area contributed by atoms with Crippen molar-refractivity contribution < 1.29 is 23.7 Å². The van der Waals surface area contributed by atoms with Gasteiger partial charge in [0.2, 0.25) is 0 Å². The van der Waals surface area contributed by atoms with Crippen LogP contribution in [0.25, 0.3) is 0 Å². The number of carbonyl (C=O) groups excluding carboxylic acids is 1. The van der Waals surface area contributed by atoms with Crippen LogP contribution in [0.15, 0.2) is 54.6 Å². The molecule has 0 amide bonds. The van der Waals surface area contributed by atoms with Crippen LogP contribution in [0.3, 0.4) is 0 Å². The van der Waals surface area contributed by atoms with Gasteiger partial charge >= 0.3 is 0 Å². The van der Waals surface area contributed by atoms with Crippen molar-refractivity contribution in [2.45, 2.75) is 158 Å². The lowest BCUT2D eigenvalue weighted by atomic mass is 9.72. The fourth-order valence-electron chi connectivity index (χ4n) is 5.36.